The van der Waals surface area contributed by atoms with Crippen LogP contribution in [0, 0.1) is 24.2 Å². The number of nitrogens with zero attached hydrogens (tertiary/aromatic N) is 2. The minimum Gasteiger partial charge on any atom is -0.391 e. The van der Waals surface area contributed by atoms with Crippen molar-refractivity contribution in [3.8, 4) is 22.3 Å². The summed E-state index contributed by atoms with van der Waals surface area (Å²) in [5, 5.41) is 16.1. The second-order valence-corrected chi connectivity index (χ2v) is 11.2. The number of carbonyl (C=O) groups is 3. The number of aromatic nitrogens is 1. The zero-order valence-corrected chi connectivity index (χ0v) is 22.9. The van der Waals surface area contributed by atoms with Crippen LogP contribution in [0.5, 0.6) is 0 Å². The van der Waals surface area contributed by atoms with Gasteiger partial charge in [-0.3, -0.25) is 14.4 Å². The molecule has 3 atom stereocenters. The predicted molar refractivity (Wildman–Crippen MR) is 144 cm³/mol. The number of thiazole rings is 1. The van der Waals surface area contributed by atoms with E-state index in [1.54, 1.807) is 18.3 Å². The Labute approximate surface area is 222 Å². The summed E-state index contributed by atoms with van der Waals surface area (Å²) in [4.78, 5) is 46.0. The van der Waals surface area contributed by atoms with E-state index in [9.17, 15) is 19.5 Å². The van der Waals surface area contributed by atoms with Crippen molar-refractivity contribution in [1.29, 1.82) is 0 Å². The molecule has 3 N–H and O–H groups in total. The first-order valence-corrected chi connectivity index (χ1v) is 13.3. The van der Waals surface area contributed by atoms with Crippen LogP contribution in [0.15, 0.2) is 29.8 Å². The molecule has 0 spiro atoms. The number of rotatable bonds is 8. The van der Waals surface area contributed by atoms with Crippen LogP contribution in [0.3, 0.4) is 0 Å². The predicted octanol–water partition coefficient (Wildman–Crippen LogP) is 3.03. The fourth-order valence-electron chi connectivity index (χ4n) is 4.31. The SMILES string of the molecule is CC#CCCC(=O)N[C@H](C(=O)N1C[C@@H](O)C[C@H]1C(=O)NCc1ccc(-c2scnc2C)cc1)C(C)(C)C. The lowest BCUT2D eigenvalue weighted by atomic mass is 9.85. The molecule has 2 aromatic rings. The lowest BCUT2D eigenvalue weighted by Crippen LogP contribution is -2.57. The van der Waals surface area contributed by atoms with Crippen LogP contribution < -0.4 is 10.6 Å². The molecule has 0 radical (unpaired) electrons. The minimum atomic E-state index is -0.835. The lowest BCUT2D eigenvalue weighted by molar-refractivity contribution is -0.144. The van der Waals surface area contributed by atoms with E-state index < -0.39 is 23.6 Å². The molecule has 0 bridgehead atoms. The van der Waals surface area contributed by atoms with Crippen molar-refractivity contribution < 1.29 is 19.5 Å². The Morgan fingerprint density at radius 1 is 1.24 bits per heavy atom. The van der Waals surface area contributed by atoms with Gasteiger partial charge in [0, 0.05) is 32.4 Å². The van der Waals surface area contributed by atoms with Crippen molar-refractivity contribution in [3.63, 3.8) is 0 Å². The Kier molecular flexibility index (Phi) is 9.46. The van der Waals surface area contributed by atoms with Gasteiger partial charge in [0.15, 0.2) is 0 Å². The Morgan fingerprint density at radius 2 is 1.95 bits per heavy atom. The molecule has 0 aliphatic carbocycles. The molecule has 0 unspecified atom stereocenters. The zero-order valence-electron chi connectivity index (χ0n) is 22.1. The van der Waals surface area contributed by atoms with E-state index >= 15 is 0 Å². The first-order chi connectivity index (χ1) is 17.5. The van der Waals surface area contributed by atoms with Gasteiger partial charge in [-0.1, -0.05) is 45.0 Å². The van der Waals surface area contributed by atoms with E-state index in [-0.39, 0.29) is 37.1 Å². The van der Waals surface area contributed by atoms with Gasteiger partial charge in [-0.2, -0.15) is 0 Å². The van der Waals surface area contributed by atoms with Crippen LogP contribution in [0.25, 0.3) is 10.4 Å². The van der Waals surface area contributed by atoms with E-state index in [4.69, 9.17) is 0 Å². The van der Waals surface area contributed by atoms with Crippen molar-refractivity contribution >= 4 is 29.1 Å². The highest BCUT2D eigenvalue weighted by molar-refractivity contribution is 7.13. The molecule has 1 aliphatic rings. The molecule has 1 fully saturated rings. The number of carbonyl (C=O) groups excluding carboxylic acids is 3. The molecular formula is C28H36N4O4S. The Hall–Kier alpha value is -3.22. The summed E-state index contributed by atoms with van der Waals surface area (Å²) in [6.07, 6.45) is -0.0593. The van der Waals surface area contributed by atoms with Crippen molar-refractivity contribution in [3.05, 3.63) is 41.0 Å². The third kappa shape index (κ3) is 7.40. The van der Waals surface area contributed by atoms with Crippen LogP contribution >= 0.6 is 11.3 Å². The summed E-state index contributed by atoms with van der Waals surface area (Å²) in [7, 11) is 0. The van der Waals surface area contributed by atoms with Crippen LogP contribution in [-0.2, 0) is 20.9 Å². The standard InChI is InChI=1S/C28H36N4O4S/c1-6-7-8-9-23(34)31-25(28(3,4)5)27(36)32-16-21(33)14-22(32)26(35)29-15-19-10-12-20(13-11-19)24-18(2)30-17-37-24/h10-13,17,21-22,25,33H,8-9,14-16H2,1-5H3,(H,29,35)(H,31,34)/t21-,22-,25+/m0/s1. The molecule has 198 valence electrons. The normalized spacial score (nSPS) is 18.1. The summed E-state index contributed by atoms with van der Waals surface area (Å²) in [6.45, 7) is 9.61. The number of benzene rings is 1. The molecule has 3 rings (SSSR count). The highest BCUT2D eigenvalue weighted by Crippen LogP contribution is 2.28. The average Bonchev–Trinajstić information content (AvgIpc) is 3.46. The first kappa shape index (κ1) is 28.4. The van der Waals surface area contributed by atoms with Crippen molar-refractivity contribution in [1.82, 2.24) is 20.5 Å². The Balaban J connectivity index is 1.66. The van der Waals surface area contributed by atoms with Gasteiger partial charge < -0.3 is 20.6 Å². The van der Waals surface area contributed by atoms with E-state index in [1.165, 1.54) is 4.90 Å². The molecule has 1 aromatic heterocycles. The molecule has 9 heteroatoms. The molecule has 8 nitrogen and oxygen atoms in total. The Morgan fingerprint density at radius 3 is 2.54 bits per heavy atom. The third-order valence-electron chi connectivity index (χ3n) is 6.37. The number of aryl methyl sites for hydroxylation is 1. The molecule has 0 saturated carbocycles. The molecule has 1 aromatic carbocycles. The number of hydrogen-bond acceptors (Lipinski definition) is 6. The number of amides is 3. The average molecular weight is 525 g/mol. The van der Waals surface area contributed by atoms with Crippen LogP contribution in [0.2, 0.25) is 0 Å². The number of hydrogen-bond donors (Lipinski definition) is 3. The summed E-state index contributed by atoms with van der Waals surface area (Å²) in [6, 6.07) is 6.26. The van der Waals surface area contributed by atoms with Crippen molar-refractivity contribution in [2.75, 3.05) is 6.54 Å². The second kappa shape index (κ2) is 12.3. The molecule has 1 aliphatic heterocycles. The maximum absolute atomic E-state index is 13.6. The fourth-order valence-corrected chi connectivity index (χ4v) is 5.13. The maximum atomic E-state index is 13.6. The van der Waals surface area contributed by atoms with Gasteiger partial charge in [0.1, 0.15) is 12.1 Å². The van der Waals surface area contributed by atoms with E-state index in [0.717, 1.165) is 21.7 Å². The van der Waals surface area contributed by atoms with Gasteiger partial charge in [-0.25, -0.2) is 4.98 Å². The highest BCUT2D eigenvalue weighted by atomic mass is 32.1. The second-order valence-electron chi connectivity index (χ2n) is 10.4. The zero-order chi connectivity index (χ0) is 27.2. The molecule has 3 amide bonds. The first-order valence-electron chi connectivity index (χ1n) is 12.5. The topological polar surface area (TPSA) is 112 Å². The lowest BCUT2D eigenvalue weighted by Gasteiger charge is -2.35. The summed E-state index contributed by atoms with van der Waals surface area (Å²) in [5.74, 6) is 4.63. The van der Waals surface area contributed by atoms with Gasteiger partial charge in [0.25, 0.3) is 0 Å². The van der Waals surface area contributed by atoms with Crippen molar-refractivity contribution in [2.45, 2.75) is 78.6 Å². The summed E-state index contributed by atoms with van der Waals surface area (Å²) < 4.78 is 0. The maximum Gasteiger partial charge on any atom is 0.246 e. The largest absolute Gasteiger partial charge is 0.391 e. The summed E-state index contributed by atoms with van der Waals surface area (Å²) in [5.41, 5.74) is 4.21. The quantitative estimate of drug-likeness (QED) is 0.460. The van der Waals surface area contributed by atoms with Crippen LogP contribution in [0.1, 0.15) is 58.2 Å². The minimum absolute atomic E-state index is 0.0452. The van der Waals surface area contributed by atoms with Gasteiger partial charge >= 0.3 is 0 Å². The van der Waals surface area contributed by atoms with Gasteiger partial charge in [-0.05, 0) is 30.4 Å². The number of aliphatic hydroxyl groups is 1. The van der Waals surface area contributed by atoms with Gasteiger partial charge in [0.2, 0.25) is 17.7 Å². The molecule has 2 heterocycles. The third-order valence-corrected chi connectivity index (χ3v) is 7.34. The van der Waals surface area contributed by atoms with E-state index in [2.05, 4.69) is 27.5 Å². The Bertz CT molecular complexity index is 1170. The summed E-state index contributed by atoms with van der Waals surface area (Å²) >= 11 is 1.58. The van der Waals surface area contributed by atoms with E-state index in [1.807, 2.05) is 57.5 Å². The molecule has 37 heavy (non-hydrogen) atoms. The van der Waals surface area contributed by atoms with Crippen LogP contribution in [0.4, 0.5) is 0 Å². The fraction of sp³-hybridized carbons (Fsp3) is 0.500. The number of nitrogens with one attached hydrogen (secondary N) is 2. The monoisotopic (exact) mass is 524 g/mol. The number of likely N-dealkylation sites (tertiary alicyclic amines) is 1. The smallest absolute Gasteiger partial charge is 0.246 e. The number of β-amino-alcohol motifs (C(OH)–C–C–N with tert-alkyl or cyclic N) is 1. The van der Waals surface area contributed by atoms with Gasteiger partial charge in [0.05, 0.1) is 22.2 Å². The molecular weight excluding hydrogens is 488 g/mol. The van der Waals surface area contributed by atoms with Crippen molar-refractivity contribution in [2.24, 2.45) is 5.41 Å². The molecule has 1 saturated heterocycles. The van der Waals surface area contributed by atoms with Crippen LogP contribution in [-0.4, -0.2) is 57.4 Å². The van der Waals surface area contributed by atoms with Gasteiger partial charge in [-0.15, -0.1) is 23.2 Å². The highest BCUT2D eigenvalue weighted by Gasteiger charge is 2.44. The van der Waals surface area contributed by atoms with E-state index in [0.29, 0.717) is 13.0 Å². The number of aliphatic hydroxyl groups excluding tert-OH is 1.